The summed E-state index contributed by atoms with van der Waals surface area (Å²) in [6.07, 6.45) is 1.75. The van der Waals surface area contributed by atoms with E-state index in [0.717, 1.165) is 0 Å². The lowest BCUT2D eigenvalue weighted by Gasteiger charge is -2.26. The van der Waals surface area contributed by atoms with Gasteiger partial charge in [0.2, 0.25) is 0 Å². The van der Waals surface area contributed by atoms with Crippen molar-refractivity contribution in [3.63, 3.8) is 0 Å². The molecule has 10 heteroatoms. The number of hydrogen-bond donors (Lipinski definition) is 2. The van der Waals surface area contributed by atoms with Crippen LogP contribution in [0.1, 0.15) is 18.8 Å². The number of hydrogen-bond acceptors (Lipinski definition) is 6. The van der Waals surface area contributed by atoms with Crippen LogP contribution in [0, 0.1) is 0 Å². The summed E-state index contributed by atoms with van der Waals surface area (Å²) in [6, 6.07) is 2.91. The monoisotopic (exact) mass is 332 g/mol. The minimum Gasteiger partial charge on any atom is -0.465 e. The predicted octanol–water partition coefficient (Wildman–Crippen LogP) is 0.354. The molecule has 2 amide bonds. The fraction of sp³-hybridized carbons (Fsp3) is 0.357. The van der Waals surface area contributed by atoms with E-state index < -0.39 is 12.1 Å². The maximum absolute atomic E-state index is 11.8. The van der Waals surface area contributed by atoms with E-state index in [1.807, 2.05) is 0 Å². The third kappa shape index (κ3) is 3.18. The molecule has 0 spiro atoms. The van der Waals surface area contributed by atoms with Gasteiger partial charge in [-0.05, 0) is 19.1 Å². The molecule has 2 N–H and O–H groups in total. The number of rotatable bonds is 4. The number of ether oxygens (including phenoxy) is 1. The van der Waals surface area contributed by atoms with Gasteiger partial charge in [-0.15, -0.1) is 0 Å². The normalized spacial score (nSPS) is 16.0. The molecule has 2 aromatic heterocycles. The van der Waals surface area contributed by atoms with Crippen LogP contribution in [0.25, 0.3) is 5.82 Å². The van der Waals surface area contributed by atoms with E-state index in [2.05, 4.69) is 20.4 Å². The van der Waals surface area contributed by atoms with E-state index >= 15 is 0 Å². The average molecular weight is 332 g/mol. The van der Waals surface area contributed by atoms with E-state index in [-0.39, 0.29) is 12.5 Å². The minimum absolute atomic E-state index is 0.0628. The first-order chi connectivity index (χ1) is 11.6. The Kier molecular flexibility index (Phi) is 4.38. The van der Waals surface area contributed by atoms with Gasteiger partial charge in [-0.25, -0.2) is 14.8 Å². The molecular weight excluding hydrogens is 316 g/mol. The van der Waals surface area contributed by atoms with Crippen molar-refractivity contribution in [1.82, 2.24) is 25.1 Å². The summed E-state index contributed by atoms with van der Waals surface area (Å²) in [5.74, 6) is 0.780. The Hall–Kier alpha value is -3.01. The Morgan fingerprint density at radius 1 is 1.42 bits per heavy atom. The Labute approximate surface area is 137 Å². The lowest BCUT2D eigenvalue weighted by molar-refractivity contribution is -0.125. The zero-order valence-corrected chi connectivity index (χ0v) is 12.9. The first-order valence-electron chi connectivity index (χ1n) is 7.30. The Balaban J connectivity index is 1.83. The van der Waals surface area contributed by atoms with E-state index in [4.69, 9.17) is 9.84 Å². The number of pyridine rings is 1. The van der Waals surface area contributed by atoms with Gasteiger partial charge in [0.25, 0.3) is 5.91 Å². The van der Waals surface area contributed by atoms with Gasteiger partial charge in [0.1, 0.15) is 12.9 Å². The quantitative estimate of drug-likeness (QED) is 0.828. The molecule has 0 bridgehead atoms. The van der Waals surface area contributed by atoms with Crippen molar-refractivity contribution in [2.24, 2.45) is 0 Å². The van der Waals surface area contributed by atoms with E-state index in [0.29, 0.717) is 30.5 Å². The van der Waals surface area contributed by atoms with E-state index in [1.165, 1.54) is 11.0 Å². The molecule has 10 nitrogen and oxygen atoms in total. The summed E-state index contributed by atoms with van der Waals surface area (Å²) in [5.41, 5.74) is 0.672. The summed E-state index contributed by atoms with van der Waals surface area (Å²) in [4.78, 5) is 32.6. The maximum atomic E-state index is 11.8. The molecule has 126 valence electrons. The van der Waals surface area contributed by atoms with Crippen LogP contribution in [0.5, 0.6) is 0 Å². The molecule has 24 heavy (non-hydrogen) atoms. The average Bonchev–Trinajstić information content (AvgIpc) is 3.05. The smallest absolute Gasteiger partial charge is 0.405 e. The summed E-state index contributed by atoms with van der Waals surface area (Å²) >= 11 is 0. The molecule has 1 aliphatic heterocycles. The van der Waals surface area contributed by atoms with Crippen LogP contribution in [-0.2, 0) is 9.53 Å². The SMILES string of the molecule is CC(NC(=O)O)c1ncnn1-c1ccc(N2CCOCC2=O)cn1. The molecule has 0 saturated carbocycles. The highest BCUT2D eigenvalue weighted by Gasteiger charge is 2.21. The molecule has 1 atom stereocenters. The van der Waals surface area contributed by atoms with Gasteiger partial charge < -0.3 is 20.1 Å². The first-order valence-corrected chi connectivity index (χ1v) is 7.30. The van der Waals surface area contributed by atoms with Crippen LogP contribution in [0.2, 0.25) is 0 Å². The molecule has 0 radical (unpaired) electrons. The van der Waals surface area contributed by atoms with Gasteiger partial charge in [-0.1, -0.05) is 0 Å². The molecule has 1 unspecified atom stereocenters. The number of nitrogens with zero attached hydrogens (tertiary/aromatic N) is 5. The molecule has 1 aliphatic rings. The second kappa shape index (κ2) is 6.62. The molecule has 1 saturated heterocycles. The van der Waals surface area contributed by atoms with Crippen LogP contribution in [-0.4, -0.2) is 56.6 Å². The first kappa shape index (κ1) is 15.9. The van der Waals surface area contributed by atoms with Crippen molar-refractivity contribution in [3.8, 4) is 5.82 Å². The molecule has 2 aromatic rings. The van der Waals surface area contributed by atoms with Gasteiger partial charge >= 0.3 is 6.09 Å². The van der Waals surface area contributed by atoms with Crippen molar-refractivity contribution < 1.29 is 19.4 Å². The molecule has 1 fully saturated rings. The zero-order valence-electron chi connectivity index (χ0n) is 12.9. The van der Waals surface area contributed by atoms with Crippen LogP contribution in [0.15, 0.2) is 24.7 Å². The van der Waals surface area contributed by atoms with Crippen molar-refractivity contribution in [2.45, 2.75) is 13.0 Å². The van der Waals surface area contributed by atoms with Crippen molar-refractivity contribution in [3.05, 3.63) is 30.5 Å². The third-order valence-electron chi connectivity index (χ3n) is 3.55. The maximum Gasteiger partial charge on any atom is 0.405 e. The van der Waals surface area contributed by atoms with Gasteiger partial charge in [0.15, 0.2) is 11.6 Å². The molecule has 3 rings (SSSR count). The van der Waals surface area contributed by atoms with Crippen molar-refractivity contribution in [1.29, 1.82) is 0 Å². The number of carbonyl (C=O) groups excluding carboxylic acids is 1. The second-order valence-corrected chi connectivity index (χ2v) is 5.17. The standard InChI is InChI=1S/C14H16N6O4/c1-9(18-14(22)23)13-16-8-17-20(13)11-3-2-10(6-15-11)19-4-5-24-7-12(19)21/h2-3,6,8-9,18H,4-5,7H2,1H3,(H,22,23). The number of morpholine rings is 1. The molecule has 3 heterocycles. The van der Waals surface area contributed by atoms with Gasteiger partial charge in [-0.2, -0.15) is 9.78 Å². The highest BCUT2D eigenvalue weighted by Crippen LogP contribution is 2.18. The third-order valence-corrected chi connectivity index (χ3v) is 3.55. The Bertz CT molecular complexity index is 744. The number of aromatic nitrogens is 4. The van der Waals surface area contributed by atoms with E-state index in [9.17, 15) is 9.59 Å². The number of carbonyl (C=O) groups is 2. The highest BCUT2D eigenvalue weighted by molar-refractivity contribution is 5.94. The van der Waals surface area contributed by atoms with Gasteiger partial charge in [-0.3, -0.25) is 4.79 Å². The zero-order chi connectivity index (χ0) is 17.1. The van der Waals surface area contributed by atoms with Crippen molar-refractivity contribution in [2.75, 3.05) is 24.7 Å². The number of nitrogens with one attached hydrogen (secondary N) is 1. The summed E-state index contributed by atoms with van der Waals surface area (Å²) < 4.78 is 6.55. The second-order valence-electron chi connectivity index (χ2n) is 5.17. The number of amides is 2. The predicted molar refractivity (Wildman–Crippen MR) is 81.9 cm³/mol. The van der Waals surface area contributed by atoms with Gasteiger partial charge in [0.05, 0.1) is 24.5 Å². The van der Waals surface area contributed by atoms with Crippen LogP contribution in [0.4, 0.5) is 10.5 Å². The summed E-state index contributed by atoms with van der Waals surface area (Å²) in [6.45, 7) is 2.69. The molecule has 0 aliphatic carbocycles. The molecular formula is C14H16N6O4. The molecule has 0 aromatic carbocycles. The fourth-order valence-electron chi connectivity index (χ4n) is 2.43. The number of carboxylic acid groups (broad SMARTS) is 1. The summed E-state index contributed by atoms with van der Waals surface area (Å²) in [5, 5.41) is 15.2. The van der Waals surface area contributed by atoms with E-state index in [1.54, 1.807) is 30.2 Å². The topological polar surface area (TPSA) is 122 Å². The van der Waals surface area contributed by atoms with Crippen LogP contribution < -0.4 is 10.2 Å². The van der Waals surface area contributed by atoms with Gasteiger partial charge in [0, 0.05) is 6.54 Å². The number of anilines is 1. The Morgan fingerprint density at radius 2 is 2.25 bits per heavy atom. The lowest BCUT2D eigenvalue weighted by atomic mass is 10.3. The summed E-state index contributed by atoms with van der Waals surface area (Å²) in [7, 11) is 0. The van der Waals surface area contributed by atoms with Crippen LogP contribution >= 0.6 is 0 Å². The van der Waals surface area contributed by atoms with Crippen molar-refractivity contribution >= 4 is 17.7 Å². The largest absolute Gasteiger partial charge is 0.465 e. The van der Waals surface area contributed by atoms with Crippen LogP contribution in [0.3, 0.4) is 0 Å². The fourth-order valence-corrected chi connectivity index (χ4v) is 2.43. The Morgan fingerprint density at radius 3 is 2.92 bits per heavy atom. The lowest BCUT2D eigenvalue weighted by Crippen LogP contribution is -2.41. The highest BCUT2D eigenvalue weighted by atomic mass is 16.5. The minimum atomic E-state index is -1.15.